The second kappa shape index (κ2) is 8.47. The Balaban J connectivity index is 1.29. The van der Waals surface area contributed by atoms with Gasteiger partial charge in [-0.15, -0.1) is 0 Å². The molecule has 7 aromatic rings. The smallest absolute Gasteiger partial charge is 0.137 e. The topological polar surface area (TPSA) is 25.2 Å². The molecule has 0 saturated carbocycles. The minimum absolute atomic E-state index is 0.375. The number of hydrogen-bond donors (Lipinski definition) is 1. The van der Waals surface area contributed by atoms with Gasteiger partial charge < -0.3 is 9.73 Å². The molecule has 184 valence electrons. The van der Waals surface area contributed by atoms with Crippen LogP contribution in [-0.2, 0) is 5.41 Å². The number of fused-ring (bicyclic) bond motifs is 6. The lowest BCUT2D eigenvalue weighted by Gasteiger charge is -2.33. The van der Waals surface area contributed by atoms with E-state index in [1.54, 1.807) is 0 Å². The first-order valence-corrected chi connectivity index (χ1v) is 13.4. The molecule has 8 rings (SSSR count). The summed E-state index contributed by atoms with van der Waals surface area (Å²) in [7, 11) is 0. The molecule has 0 radical (unpaired) electrons. The molecular formula is C37H25NO. The maximum atomic E-state index is 6.14. The van der Waals surface area contributed by atoms with E-state index in [9.17, 15) is 0 Å². The van der Waals surface area contributed by atoms with Gasteiger partial charge in [0.05, 0.1) is 5.41 Å². The third-order valence-electron chi connectivity index (χ3n) is 8.13. The van der Waals surface area contributed by atoms with Crippen molar-refractivity contribution in [3.8, 4) is 11.1 Å². The molecular weight excluding hydrogens is 474 g/mol. The van der Waals surface area contributed by atoms with E-state index in [0.717, 1.165) is 33.3 Å². The van der Waals surface area contributed by atoms with Crippen LogP contribution in [0.2, 0.25) is 0 Å². The summed E-state index contributed by atoms with van der Waals surface area (Å²) in [5.41, 5.74) is 11.2. The molecule has 0 spiro atoms. The van der Waals surface area contributed by atoms with Gasteiger partial charge in [-0.3, -0.25) is 0 Å². The van der Waals surface area contributed by atoms with Crippen LogP contribution >= 0.6 is 0 Å². The van der Waals surface area contributed by atoms with E-state index in [2.05, 4.69) is 139 Å². The van der Waals surface area contributed by atoms with Gasteiger partial charge in [-0.05, 0) is 63.7 Å². The summed E-state index contributed by atoms with van der Waals surface area (Å²) in [5, 5.41) is 5.93. The fraction of sp³-hybridized carbons (Fsp3) is 0.0270. The number of para-hydroxylation sites is 1. The molecule has 1 aliphatic rings. The summed E-state index contributed by atoms with van der Waals surface area (Å²) in [6.07, 6.45) is 0. The van der Waals surface area contributed by atoms with Gasteiger partial charge >= 0.3 is 0 Å². The van der Waals surface area contributed by atoms with Crippen LogP contribution in [0.5, 0.6) is 0 Å². The van der Waals surface area contributed by atoms with Gasteiger partial charge in [-0.1, -0.05) is 109 Å². The van der Waals surface area contributed by atoms with Crippen molar-refractivity contribution in [2.75, 3.05) is 5.32 Å². The normalized spacial score (nSPS) is 13.3. The SMILES string of the molecule is c1ccc(C2(c3ccccc3)c3ccccc3-c3cc(Nc4ccc5c(c4)oc4ccccc45)ccc32)cc1. The highest BCUT2D eigenvalue weighted by Gasteiger charge is 2.45. The molecule has 0 amide bonds. The Morgan fingerprint density at radius 3 is 1.82 bits per heavy atom. The molecule has 1 aromatic heterocycles. The first-order chi connectivity index (χ1) is 19.3. The van der Waals surface area contributed by atoms with Crippen LogP contribution < -0.4 is 5.32 Å². The Morgan fingerprint density at radius 2 is 1.03 bits per heavy atom. The number of benzene rings is 6. The van der Waals surface area contributed by atoms with E-state index in [4.69, 9.17) is 4.42 Å². The zero-order valence-electron chi connectivity index (χ0n) is 21.3. The monoisotopic (exact) mass is 499 g/mol. The molecule has 1 heterocycles. The molecule has 6 aromatic carbocycles. The molecule has 2 heteroatoms. The molecule has 39 heavy (non-hydrogen) atoms. The number of hydrogen-bond acceptors (Lipinski definition) is 2. The summed E-state index contributed by atoms with van der Waals surface area (Å²) in [6, 6.07) is 52.0. The Hall–Kier alpha value is -5.08. The molecule has 1 aliphatic carbocycles. The van der Waals surface area contributed by atoms with Gasteiger partial charge in [-0.25, -0.2) is 0 Å². The Labute approximate surface area is 227 Å². The van der Waals surface area contributed by atoms with Crippen molar-refractivity contribution in [2.45, 2.75) is 5.41 Å². The minimum atomic E-state index is -0.375. The van der Waals surface area contributed by atoms with Gasteiger partial charge in [-0.2, -0.15) is 0 Å². The molecule has 0 aliphatic heterocycles. The molecule has 1 N–H and O–H groups in total. The van der Waals surface area contributed by atoms with Crippen LogP contribution in [0.4, 0.5) is 11.4 Å². The van der Waals surface area contributed by atoms with Gasteiger partial charge in [0, 0.05) is 28.2 Å². The highest BCUT2D eigenvalue weighted by Crippen LogP contribution is 2.56. The van der Waals surface area contributed by atoms with E-state index in [0.29, 0.717) is 0 Å². The number of anilines is 2. The van der Waals surface area contributed by atoms with Crippen LogP contribution in [0, 0.1) is 0 Å². The first-order valence-electron chi connectivity index (χ1n) is 13.4. The highest BCUT2D eigenvalue weighted by molar-refractivity contribution is 6.05. The number of nitrogens with one attached hydrogen (secondary N) is 1. The fourth-order valence-corrected chi connectivity index (χ4v) is 6.50. The maximum Gasteiger partial charge on any atom is 0.137 e. The van der Waals surface area contributed by atoms with E-state index >= 15 is 0 Å². The highest BCUT2D eigenvalue weighted by atomic mass is 16.3. The van der Waals surface area contributed by atoms with Crippen molar-refractivity contribution < 1.29 is 4.42 Å². The molecule has 0 fully saturated rings. The quantitative estimate of drug-likeness (QED) is 0.261. The third kappa shape index (κ3) is 3.22. The van der Waals surface area contributed by atoms with E-state index in [1.165, 1.54) is 33.4 Å². The summed E-state index contributed by atoms with van der Waals surface area (Å²) < 4.78 is 6.14. The molecule has 0 atom stereocenters. The van der Waals surface area contributed by atoms with Gasteiger partial charge in [0.1, 0.15) is 11.2 Å². The van der Waals surface area contributed by atoms with Crippen molar-refractivity contribution in [3.05, 3.63) is 168 Å². The lowest BCUT2D eigenvalue weighted by molar-refractivity contribution is 0.669. The van der Waals surface area contributed by atoms with Gasteiger partial charge in [0.15, 0.2) is 0 Å². The average Bonchev–Trinajstić information content (AvgIpc) is 3.51. The van der Waals surface area contributed by atoms with E-state index < -0.39 is 0 Å². The predicted molar refractivity (Wildman–Crippen MR) is 161 cm³/mol. The zero-order valence-corrected chi connectivity index (χ0v) is 21.3. The Bertz CT molecular complexity index is 1950. The van der Waals surface area contributed by atoms with Crippen LogP contribution in [0.3, 0.4) is 0 Å². The van der Waals surface area contributed by atoms with Gasteiger partial charge in [0.25, 0.3) is 0 Å². The summed E-state index contributed by atoms with van der Waals surface area (Å²) in [5.74, 6) is 0. The molecule has 0 saturated heterocycles. The summed E-state index contributed by atoms with van der Waals surface area (Å²) in [4.78, 5) is 0. The Morgan fingerprint density at radius 1 is 0.436 bits per heavy atom. The zero-order chi connectivity index (χ0) is 25.8. The molecule has 0 bridgehead atoms. The standard InChI is InChI=1S/C37H25NO/c1-3-11-25(12-4-1)37(26-13-5-2-6-14-26)33-17-9-7-15-29(33)32-23-27(20-22-34(32)37)38-28-19-21-31-30-16-8-10-18-35(30)39-36(31)24-28/h1-24,38H. The van der Waals surface area contributed by atoms with Gasteiger partial charge in [0.2, 0.25) is 0 Å². The van der Waals surface area contributed by atoms with E-state index in [-0.39, 0.29) is 5.41 Å². The molecule has 2 nitrogen and oxygen atoms in total. The first kappa shape index (κ1) is 22.0. The average molecular weight is 500 g/mol. The van der Waals surface area contributed by atoms with Crippen molar-refractivity contribution in [1.29, 1.82) is 0 Å². The second-order valence-electron chi connectivity index (χ2n) is 10.2. The Kier molecular flexibility index (Phi) is 4.77. The summed E-state index contributed by atoms with van der Waals surface area (Å²) in [6.45, 7) is 0. The maximum absolute atomic E-state index is 6.14. The van der Waals surface area contributed by atoms with Crippen LogP contribution in [0.1, 0.15) is 22.3 Å². The molecule has 0 unspecified atom stereocenters. The lowest BCUT2D eigenvalue weighted by Crippen LogP contribution is -2.28. The number of furan rings is 1. The second-order valence-corrected chi connectivity index (χ2v) is 10.2. The van der Waals surface area contributed by atoms with Crippen LogP contribution in [-0.4, -0.2) is 0 Å². The van der Waals surface area contributed by atoms with E-state index in [1.807, 2.05) is 12.1 Å². The van der Waals surface area contributed by atoms with Crippen LogP contribution in [0.25, 0.3) is 33.1 Å². The fourth-order valence-electron chi connectivity index (χ4n) is 6.50. The minimum Gasteiger partial charge on any atom is -0.456 e. The third-order valence-corrected chi connectivity index (χ3v) is 8.13. The summed E-state index contributed by atoms with van der Waals surface area (Å²) >= 11 is 0. The van der Waals surface area contributed by atoms with Crippen molar-refractivity contribution in [3.63, 3.8) is 0 Å². The lowest BCUT2D eigenvalue weighted by atomic mass is 9.68. The van der Waals surface area contributed by atoms with Crippen LogP contribution in [0.15, 0.2) is 150 Å². The predicted octanol–water partition coefficient (Wildman–Crippen LogP) is 9.69. The van der Waals surface area contributed by atoms with Crippen molar-refractivity contribution in [2.24, 2.45) is 0 Å². The number of rotatable bonds is 4. The van der Waals surface area contributed by atoms with Crippen molar-refractivity contribution in [1.82, 2.24) is 0 Å². The van der Waals surface area contributed by atoms with Crippen molar-refractivity contribution >= 4 is 33.3 Å². The largest absolute Gasteiger partial charge is 0.456 e.